The molecule has 2 aromatic carbocycles. The molecule has 0 aliphatic heterocycles. The number of hydrogen-bond acceptors (Lipinski definition) is 3. The molecule has 0 N–H and O–H groups in total. The summed E-state index contributed by atoms with van der Waals surface area (Å²) in [5, 5.41) is 2.44. The van der Waals surface area contributed by atoms with Crippen LogP contribution in [-0.4, -0.2) is 32.4 Å². The Labute approximate surface area is 172 Å². The molecule has 1 heterocycles. The van der Waals surface area contributed by atoms with E-state index in [4.69, 9.17) is 4.74 Å². The number of rotatable bonds is 5. The Bertz CT molecular complexity index is 857. The van der Waals surface area contributed by atoms with E-state index in [9.17, 15) is 0 Å². The molecule has 0 radical (unpaired) electrons. The number of ether oxygens (including phenoxy) is 1. The number of fused-ring (bicyclic) bond motifs is 1. The monoisotopic (exact) mass is 410 g/mol. The van der Waals surface area contributed by atoms with Gasteiger partial charge >= 0.3 is 0 Å². The first-order chi connectivity index (χ1) is 11.6. The molecule has 3 aromatic rings. The Morgan fingerprint density at radius 1 is 1.08 bits per heavy atom. The van der Waals surface area contributed by atoms with Gasteiger partial charge in [0.2, 0.25) is 5.69 Å². The maximum absolute atomic E-state index is 5.47. The molecule has 26 heavy (non-hydrogen) atoms. The average molecular weight is 411 g/mol. The molecule has 0 atom stereocenters. The van der Waals surface area contributed by atoms with E-state index >= 15 is 0 Å². The normalized spacial score (nSPS) is 10.3. The lowest BCUT2D eigenvalue weighted by atomic mass is 9.97. The van der Waals surface area contributed by atoms with Crippen LogP contribution in [0.3, 0.4) is 0 Å². The van der Waals surface area contributed by atoms with Crippen molar-refractivity contribution in [1.82, 2.24) is 4.90 Å². The molecule has 0 fully saturated rings. The Kier molecular flexibility index (Phi) is 8.71. The molecular formula is C20H24Cl2N2OS. The summed E-state index contributed by atoms with van der Waals surface area (Å²) in [6, 6.07) is 16.9. The van der Waals surface area contributed by atoms with Gasteiger partial charge in [-0.05, 0) is 37.9 Å². The zero-order valence-electron chi connectivity index (χ0n) is 15.4. The molecule has 1 aromatic heterocycles. The van der Waals surface area contributed by atoms with Gasteiger partial charge in [0.1, 0.15) is 5.75 Å². The van der Waals surface area contributed by atoms with Crippen LogP contribution < -0.4 is 21.1 Å². The van der Waals surface area contributed by atoms with E-state index in [1.54, 1.807) is 19.1 Å². The number of benzene rings is 2. The standard InChI is InChI=1S/C20H23N2OS.2ClH/c1-21(2)14-19-20(15-8-6-5-7-9-15)18-12-17(23-3)11-10-16(18)13-22(19)24-4;;/h5-13H,14H2,1-4H3;2*1H/q+1;;/p-1. The van der Waals surface area contributed by atoms with Crippen molar-refractivity contribution in [2.45, 2.75) is 6.54 Å². The van der Waals surface area contributed by atoms with Crippen LogP contribution in [0.1, 0.15) is 5.69 Å². The van der Waals surface area contributed by atoms with Crippen LogP contribution >= 0.6 is 24.4 Å². The summed E-state index contributed by atoms with van der Waals surface area (Å²) in [5.74, 6) is 0.886. The lowest BCUT2D eigenvalue weighted by Crippen LogP contribution is -3.00. The number of pyridine rings is 1. The number of nitrogens with zero attached hydrogens (tertiary/aromatic N) is 2. The summed E-state index contributed by atoms with van der Waals surface area (Å²) >= 11 is 1.73. The molecular weight excluding hydrogens is 387 g/mol. The van der Waals surface area contributed by atoms with E-state index < -0.39 is 0 Å². The first kappa shape index (κ1) is 22.6. The van der Waals surface area contributed by atoms with Gasteiger partial charge in [0.25, 0.3) is 0 Å². The Morgan fingerprint density at radius 2 is 1.77 bits per heavy atom. The lowest BCUT2D eigenvalue weighted by molar-refractivity contribution is -0.503. The van der Waals surface area contributed by atoms with Crippen LogP contribution in [0.5, 0.6) is 5.75 Å². The molecule has 0 amide bonds. The minimum atomic E-state index is 0. The molecule has 0 bridgehead atoms. The predicted octanol–water partition coefficient (Wildman–Crippen LogP) is 1.42. The average Bonchev–Trinajstić information content (AvgIpc) is 2.60. The second-order valence-electron chi connectivity index (χ2n) is 6.02. The molecule has 6 heteroatoms. The van der Waals surface area contributed by atoms with Crippen molar-refractivity contribution in [2.75, 3.05) is 27.5 Å². The number of hydrogen-bond donors (Lipinski definition) is 0. The quantitative estimate of drug-likeness (QED) is 0.591. The van der Waals surface area contributed by atoms with Crippen LogP contribution in [0, 0.1) is 0 Å². The zero-order chi connectivity index (χ0) is 17.1. The summed E-state index contributed by atoms with van der Waals surface area (Å²) in [6.45, 7) is 0.873. The third kappa shape index (κ3) is 4.63. The van der Waals surface area contributed by atoms with Crippen molar-refractivity contribution in [3.8, 4) is 16.9 Å². The second-order valence-corrected chi connectivity index (χ2v) is 6.77. The van der Waals surface area contributed by atoms with Crippen molar-refractivity contribution in [3.63, 3.8) is 0 Å². The molecule has 0 saturated heterocycles. The Hall–Kier alpha value is -1.46. The van der Waals surface area contributed by atoms with E-state index in [0.717, 1.165) is 12.3 Å². The van der Waals surface area contributed by atoms with E-state index in [0.29, 0.717) is 0 Å². The highest BCUT2D eigenvalue weighted by atomic mass is 35.5. The SMILES string of the molecule is COc1ccc2c[n+](SC)c(CN(C)C)c(-c3ccccc3)c2c1.Cl.[Cl-]. The highest BCUT2D eigenvalue weighted by Gasteiger charge is 2.23. The number of halogens is 2. The van der Waals surface area contributed by atoms with E-state index in [2.05, 4.69) is 77.9 Å². The van der Waals surface area contributed by atoms with E-state index in [1.165, 1.54) is 27.6 Å². The van der Waals surface area contributed by atoms with E-state index in [1.807, 2.05) is 6.07 Å². The van der Waals surface area contributed by atoms with Gasteiger partial charge in [-0.1, -0.05) is 30.3 Å². The van der Waals surface area contributed by atoms with Crippen molar-refractivity contribution in [2.24, 2.45) is 0 Å². The van der Waals surface area contributed by atoms with Crippen LogP contribution in [0.2, 0.25) is 0 Å². The summed E-state index contributed by atoms with van der Waals surface area (Å²) in [4.78, 5) is 2.21. The van der Waals surface area contributed by atoms with Crippen LogP contribution in [0.15, 0.2) is 54.7 Å². The summed E-state index contributed by atoms with van der Waals surface area (Å²) in [6.07, 6.45) is 4.33. The molecule has 3 rings (SSSR count). The first-order valence-electron chi connectivity index (χ1n) is 7.94. The molecule has 0 unspecified atom stereocenters. The van der Waals surface area contributed by atoms with Crippen molar-refractivity contribution in [3.05, 3.63) is 60.4 Å². The fourth-order valence-corrected chi connectivity index (χ4v) is 3.59. The minimum Gasteiger partial charge on any atom is -1.00 e. The zero-order valence-corrected chi connectivity index (χ0v) is 17.8. The summed E-state index contributed by atoms with van der Waals surface area (Å²) in [5.41, 5.74) is 3.80. The van der Waals surface area contributed by atoms with Crippen LogP contribution in [0.25, 0.3) is 21.9 Å². The predicted molar refractivity (Wildman–Crippen MR) is 110 cm³/mol. The maximum atomic E-state index is 5.47. The first-order valence-corrected chi connectivity index (χ1v) is 9.12. The fourth-order valence-electron chi connectivity index (χ4n) is 3.00. The Balaban J connectivity index is 0.00000169. The minimum absolute atomic E-state index is 0. The van der Waals surface area contributed by atoms with Gasteiger partial charge in [0, 0.05) is 17.0 Å². The van der Waals surface area contributed by atoms with Crippen LogP contribution in [0.4, 0.5) is 0 Å². The number of aromatic nitrogens is 1. The van der Waals surface area contributed by atoms with E-state index in [-0.39, 0.29) is 24.8 Å². The largest absolute Gasteiger partial charge is 1.00 e. The smallest absolute Gasteiger partial charge is 0.217 e. The number of methoxy groups -OCH3 is 1. The van der Waals surface area contributed by atoms with Gasteiger partial charge in [0.05, 0.1) is 19.2 Å². The lowest BCUT2D eigenvalue weighted by Gasteiger charge is -2.15. The van der Waals surface area contributed by atoms with Crippen molar-refractivity contribution >= 4 is 35.1 Å². The van der Waals surface area contributed by atoms with Gasteiger partial charge in [-0.3, -0.25) is 4.90 Å². The third-order valence-electron chi connectivity index (χ3n) is 4.07. The maximum Gasteiger partial charge on any atom is 0.217 e. The molecule has 140 valence electrons. The van der Waals surface area contributed by atoms with Gasteiger partial charge in [-0.15, -0.1) is 16.4 Å². The van der Waals surface area contributed by atoms with Crippen molar-refractivity contribution in [1.29, 1.82) is 0 Å². The third-order valence-corrected chi connectivity index (χ3v) is 4.79. The van der Waals surface area contributed by atoms with Crippen LogP contribution in [-0.2, 0) is 6.54 Å². The fraction of sp³-hybridized carbons (Fsp3) is 0.250. The highest BCUT2D eigenvalue weighted by Crippen LogP contribution is 2.33. The molecule has 0 saturated carbocycles. The summed E-state index contributed by atoms with van der Waals surface area (Å²) in [7, 11) is 5.93. The Morgan fingerprint density at radius 3 is 2.35 bits per heavy atom. The topological polar surface area (TPSA) is 16.4 Å². The van der Waals surface area contributed by atoms with Gasteiger partial charge in [0.15, 0.2) is 18.1 Å². The molecule has 0 spiro atoms. The highest BCUT2D eigenvalue weighted by molar-refractivity contribution is 7.92. The molecule has 3 nitrogen and oxygen atoms in total. The van der Waals surface area contributed by atoms with Gasteiger partial charge in [-0.25, -0.2) is 0 Å². The van der Waals surface area contributed by atoms with Gasteiger partial charge in [-0.2, -0.15) is 0 Å². The second kappa shape index (κ2) is 10.0. The van der Waals surface area contributed by atoms with Crippen molar-refractivity contribution < 1.29 is 21.1 Å². The molecule has 0 aliphatic rings. The summed E-state index contributed by atoms with van der Waals surface area (Å²) < 4.78 is 7.74. The van der Waals surface area contributed by atoms with Gasteiger partial charge < -0.3 is 17.1 Å². The molecule has 0 aliphatic carbocycles.